The highest BCUT2D eigenvalue weighted by Gasteiger charge is 2.19. The molecule has 34 heavy (non-hydrogen) atoms. The van der Waals surface area contributed by atoms with Crippen LogP contribution in [0.15, 0.2) is 109 Å². The van der Waals surface area contributed by atoms with Crippen LogP contribution in [0.1, 0.15) is 23.6 Å². The van der Waals surface area contributed by atoms with E-state index in [0.717, 1.165) is 12.8 Å². The molecule has 0 saturated heterocycles. The summed E-state index contributed by atoms with van der Waals surface area (Å²) < 4.78 is 2.37. The molecule has 0 saturated carbocycles. The first kappa shape index (κ1) is 19.4. The van der Waals surface area contributed by atoms with Crippen molar-refractivity contribution in [2.75, 3.05) is 0 Å². The Labute approximate surface area is 199 Å². The Hall–Kier alpha value is -4.10. The smallest absolute Gasteiger partial charge is 0.0541 e. The first-order valence-corrected chi connectivity index (χ1v) is 12.1. The van der Waals surface area contributed by atoms with Crippen LogP contribution >= 0.6 is 0 Å². The normalized spacial score (nSPS) is 12.3. The lowest BCUT2D eigenvalue weighted by atomic mass is 9.97. The van der Waals surface area contributed by atoms with Crippen LogP contribution in [0.25, 0.3) is 49.7 Å². The summed E-state index contributed by atoms with van der Waals surface area (Å²) in [6, 6.07) is 40.3. The van der Waals surface area contributed by atoms with E-state index in [4.69, 9.17) is 0 Å². The summed E-state index contributed by atoms with van der Waals surface area (Å²) in [5.74, 6) is 0. The van der Waals surface area contributed by atoms with Crippen LogP contribution < -0.4 is 0 Å². The van der Waals surface area contributed by atoms with Gasteiger partial charge in [0.1, 0.15) is 0 Å². The minimum atomic E-state index is 1.04. The number of hydrogen-bond acceptors (Lipinski definition) is 0. The van der Waals surface area contributed by atoms with Crippen molar-refractivity contribution in [2.24, 2.45) is 0 Å². The van der Waals surface area contributed by atoms with E-state index in [1.165, 1.54) is 66.4 Å². The minimum Gasteiger partial charge on any atom is -0.309 e. The van der Waals surface area contributed by atoms with Gasteiger partial charge in [-0.05, 0) is 82.1 Å². The minimum absolute atomic E-state index is 1.04. The molecule has 0 bridgehead atoms. The number of fused-ring (bicyclic) bond motifs is 6. The van der Waals surface area contributed by atoms with Gasteiger partial charge in [-0.3, -0.25) is 0 Å². The number of para-hydroxylation sites is 2. The molecule has 1 aliphatic carbocycles. The summed E-state index contributed by atoms with van der Waals surface area (Å²) in [5, 5.41) is 2.59. The molecule has 1 heterocycles. The highest BCUT2D eigenvalue weighted by atomic mass is 15.0. The van der Waals surface area contributed by atoms with Crippen molar-refractivity contribution in [3.63, 3.8) is 0 Å². The summed E-state index contributed by atoms with van der Waals surface area (Å²) in [6.07, 6.45) is 2.12. The third-order valence-corrected chi connectivity index (χ3v) is 7.40. The van der Waals surface area contributed by atoms with Crippen LogP contribution in [0.4, 0.5) is 0 Å². The molecule has 0 fully saturated rings. The summed E-state index contributed by atoms with van der Waals surface area (Å²) in [7, 11) is 0. The van der Waals surface area contributed by atoms with Gasteiger partial charge < -0.3 is 4.57 Å². The van der Waals surface area contributed by atoms with Gasteiger partial charge in [0, 0.05) is 16.5 Å². The molecule has 1 nitrogen and oxygen atoms in total. The van der Waals surface area contributed by atoms with Gasteiger partial charge in [-0.15, -0.1) is 0 Å². The predicted molar refractivity (Wildman–Crippen MR) is 144 cm³/mol. The topological polar surface area (TPSA) is 4.93 Å². The van der Waals surface area contributed by atoms with Crippen LogP contribution in [0.2, 0.25) is 0 Å². The molecule has 7 rings (SSSR count). The molecule has 5 aromatic carbocycles. The highest BCUT2D eigenvalue weighted by Crippen LogP contribution is 2.40. The van der Waals surface area contributed by atoms with E-state index in [1.807, 2.05) is 0 Å². The molecular weight excluding hydrogens is 410 g/mol. The average molecular weight is 436 g/mol. The zero-order chi connectivity index (χ0) is 22.6. The third kappa shape index (κ3) is 2.87. The first-order valence-electron chi connectivity index (χ1n) is 12.1. The van der Waals surface area contributed by atoms with E-state index in [-0.39, 0.29) is 0 Å². The maximum absolute atomic E-state index is 2.39. The molecule has 1 aliphatic rings. The van der Waals surface area contributed by atoms with Crippen LogP contribution in [0.3, 0.4) is 0 Å². The van der Waals surface area contributed by atoms with E-state index in [0.29, 0.717) is 0 Å². The van der Waals surface area contributed by atoms with Crippen molar-refractivity contribution in [2.45, 2.75) is 19.8 Å². The fourth-order valence-electron chi connectivity index (χ4n) is 5.62. The largest absolute Gasteiger partial charge is 0.309 e. The molecule has 0 aliphatic heterocycles. The molecule has 0 atom stereocenters. The second kappa shape index (κ2) is 7.46. The second-order valence-electron chi connectivity index (χ2n) is 9.31. The lowest BCUT2D eigenvalue weighted by molar-refractivity contribution is 1.13. The summed E-state index contributed by atoms with van der Waals surface area (Å²) >= 11 is 0. The monoisotopic (exact) mass is 435 g/mol. The Balaban J connectivity index is 1.32. The summed E-state index contributed by atoms with van der Waals surface area (Å²) in [4.78, 5) is 0. The zero-order valence-electron chi connectivity index (χ0n) is 19.3. The molecule has 0 spiro atoms. The number of aromatic nitrogens is 1. The Morgan fingerprint density at radius 3 is 1.85 bits per heavy atom. The highest BCUT2D eigenvalue weighted by molar-refractivity contribution is 6.09. The van der Waals surface area contributed by atoms with Gasteiger partial charge in [0.25, 0.3) is 0 Å². The van der Waals surface area contributed by atoms with Crippen molar-refractivity contribution >= 4 is 21.8 Å². The van der Waals surface area contributed by atoms with E-state index in [2.05, 4.69) is 121 Å². The zero-order valence-corrected chi connectivity index (χ0v) is 19.3. The first-order chi connectivity index (χ1) is 16.8. The van der Waals surface area contributed by atoms with Crippen molar-refractivity contribution in [3.8, 4) is 27.9 Å². The van der Waals surface area contributed by atoms with Crippen LogP contribution in [-0.2, 0) is 12.8 Å². The molecule has 0 N–H and O–H groups in total. The van der Waals surface area contributed by atoms with Gasteiger partial charge in [-0.2, -0.15) is 0 Å². The number of benzene rings is 5. The maximum Gasteiger partial charge on any atom is 0.0541 e. The molecule has 162 valence electrons. The van der Waals surface area contributed by atoms with Gasteiger partial charge in [0.05, 0.1) is 11.0 Å². The molecule has 0 radical (unpaired) electrons. The van der Waals surface area contributed by atoms with Gasteiger partial charge in [-0.25, -0.2) is 0 Å². The lowest BCUT2D eigenvalue weighted by Crippen LogP contribution is -1.93. The number of hydrogen-bond donors (Lipinski definition) is 0. The van der Waals surface area contributed by atoms with Crippen molar-refractivity contribution in [3.05, 3.63) is 126 Å². The number of nitrogens with zero attached hydrogens (tertiary/aromatic N) is 1. The molecule has 0 amide bonds. The molecular formula is C33H25N. The van der Waals surface area contributed by atoms with Crippen LogP contribution in [0.5, 0.6) is 0 Å². The Morgan fingerprint density at radius 2 is 1.18 bits per heavy atom. The van der Waals surface area contributed by atoms with Crippen LogP contribution in [-0.4, -0.2) is 4.57 Å². The average Bonchev–Trinajstić information content (AvgIpc) is 3.43. The number of rotatable bonds is 3. The van der Waals surface area contributed by atoms with Crippen molar-refractivity contribution in [1.82, 2.24) is 4.57 Å². The molecule has 1 aromatic heterocycles. The Bertz CT molecular complexity index is 1650. The van der Waals surface area contributed by atoms with E-state index >= 15 is 0 Å². The van der Waals surface area contributed by atoms with Gasteiger partial charge >= 0.3 is 0 Å². The molecule has 1 heteroatoms. The van der Waals surface area contributed by atoms with E-state index in [1.54, 1.807) is 0 Å². The van der Waals surface area contributed by atoms with Crippen molar-refractivity contribution < 1.29 is 0 Å². The fourth-order valence-corrected chi connectivity index (χ4v) is 5.62. The van der Waals surface area contributed by atoms with E-state index < -0.39 is 0 Å². The lowest BCUT2D eigenvalue weighted by Gasteiger charge is -2.10. The Kier molecular flexibility index (Phi) is 4.25. The number of aryl methyl sites for hydroxylation is 1. The maximum atomic E-state index is 2.39. The van der Waals surface area contributed by atoms with Gasteiger partial charge in [-0.1, -0.05) is 85.8 Å². The fraction of sp³-hybridized carbons (Fsp3) is 0.0909. The summed E-state index contributed by atoms with van der Waals surface area (Å²) in [5.41, 5.74) is 13.3. The third-order valence-electron chi connectivity index (χ3n) is 7.40. The standard InChI is InChI=1S/C33H25N/c1-2-22-11-12-25-20-26-14-13-24(21-31(26)30(25)19-22)23-15-17-27(18-16-23)34-32-9-5-3-7-28(32)29-8-4-6-10-33(29)34/h3-19,21H,2,20H2,1H3. The predicted octanol–water partition coefficient (Wildman–Crippen LogP) is 8.58. The quantitative estimate of drug-likeness (QED) is 0.262. The van der Waals surface area contributed by atoms with Gasteiger partial charge in [0.15, 0.2) is 0 Å². The SMILES string of the molecule is CCc1ccc2c(c1)-c1cc(-c3ccc(-n4c5ccccc5c5ccccc54)cc3)ccc1C2. The van der Waals surface area contributed by atoms with Crippen molar-refractivity contribution in [1.29, 1.82) is 0 Å². The second-order valence-corrected chi connectivity index (χ2v) is 9.31. The van der Waals surface area contributed by atoms with E-state index in [9.17, 15) is 0 Å². The Morgan fingerprint density at radius 1 is 0.588 bits per heavy atom. The molecule has 0 unspecified atom stereocenters. The summed E-state index contributed by atoms with van der Waals surface area (Å²) in [6.45, 7) is 2.23. The van der Waals surface area contributed by atoms with Crippen LogP contribution in [0, 0.1) is 0 Å². The van der Waals surface area contributed by atoms with Gasteiger partial charge in [0.2, 0.25) is 0 Å². The molecule has 6 aromatic rings.